The second-order valence-corrected chi connectivity index (χ2v) is 5.22. The van der Waals surface area contributed by atoms with E-state index in [2.05, 4.69) is 36.6 Å². The van der Waals surface area contributed by atoms with Crippen molar-refractivity contribution in [3.05, 3.63) is 23.3 Å². The molecule has 1 aliphatic rings. The van der Waals surface area contributed by atoms with E-state index in [9.17, 15) is 0 Å². The number of nitrogens with one attached hydrogen (secondary N) is 2. The minimum Gasteiger partial charge on any atom is -0.496 e. The van der Waals surface area contributed by atoms with E-state index in [0.29, 0.717) is 0 Å². The molecule has 0 spiro atoms. The highest BCUT2D eigenvalue weighted by atomic mass is 16.5. The predicted molar refractivity (Wildman–Crippen MR) is 76.6 cm³/mol. The van der Waals surface area contributed by atoms with Crippen LogP contribution in [-0.4, -0.2) is 26.7 Å². The maximum Gasteiger partial charge on any atom is 0.124 e. The summed E-state index contributed by atoms with van der Waals surface area (Å²) in [7, 11) is 1.73. The molecule has 1 heterocycles. The lowest BCUT2D eigenvalue weighted by atomic mass is 9.98. The zero-order chi connectivity index (χ0) is 13.0. The first-order valence-corrected chi connectivity index (χ1v) is 6.80. The second kappa shape index (κ2) is 6.10. The van der Waals surface area contributed by atoms with Crippen LogP contribution < -0.4 is 15.4 Å². The first kappa shape index (κ1) is 13.2. The van der Waals surface area contributed by atoms with Gasteiger partial charge in [0.15, 0.2) is 0 Å². The Balaban J connectivity index is 1.96. The Kier molecular flexibility index (Phi) is 4.48. The van der Waals surface area contributed by atoms with Gasteiger partial charge in [-0.25, -0.2) is 0 Å². The molecule has 0 saturated carbocycles. The van der Waals surface area contributed by atoms with Gasteiger partial charge in [-0.15, -0.1) is 0 Å². The molecule has 3 nitrogen and oxygen atoms in total. The molecule has 0 amide bonds. The van der Waals surface area contributed by atoms with Gasteiger partial charge in [0.2, 0.25) is 0 Å². The van der Waals surface area contributed by atoms with Gasteiger partial charge in [0.1, 0.15) is 5.75 Å². The highest BCUT2D eigenvalue weighted by Crippen LogP contribution is 2.27. The number of aryl methyl sites for hydroxylation is 2. The fraction of sp³-hybridized carbons (Fsp3) is 0.600. The first-order valence-electron chi connectivity index (χ1n) is 6.80. The van der Waals surface area contributed by atoms with E-state index in [1.54, 1.807) is 7.11 Å². The van der Waals surface area contributed by atoms with Crippen LogP contribution in [0.15, 0.2) is 12.1 Å². The van der Waals surface area contributed by atoms with Crippen molar-refractivity contribution in [2.45, 2.75) is 26.7 Å². The number of piperidine rings is 1. The van der Waals surface area contributed by atoms with Gasteiger partial charge in [0.25, 0.3) is 0 Å². The van der Waals surface area contributed by atoms with Gasteiger partial charge in [-0.05, 0) is 69.0 Å². The van der Waals surface area contributed by atoms with E-state index >= 15 is 0 Å². The lowest BCUT2D eigenvalue weighted by Crippen LogP contribution is -2.31. The Labute approximate surface area is 110 Å². The highest BCUT2D eigenvalue weighted by molar-refractivity contribution is 5.55. The standard InChI is InChI=1S/C15H24N2O/c1-11-8-14(9-12(2)15(11)18-3)17-10-13-4-6-16-7-5-13/h8-9,13,16-17H,4-7,10H2,1-3H3. The topological polar surface area (TPSA) is 33.3 Å². The first-order chi connectivity index (χ1) is 8.70. The molecule has 0 aromatic heterocycles. The molecule has 0 radical (unpaired) electrons. The van der Waals surface area contributed by atoms with Crippen molar-refractivity contribution in [1.29, 1.82) is 0 Å². The van der Waals surface area contributed by atoms with Crippen molar-refractivity contribution < 1.29 is 4.74 Å². The summed E-state index contributed by atoms with van der Waals surface area (Å²) < 4.78 is 5.39. The van der Waals surface area contributed by atoms with Crippen molar-refractivity contribution >= 4 is 5.69 Å². The monoisotopic (exact) mass is 248 g/mol. The number of hydrogen-bond acceptors (Lipinski definition) is 3. The minimum atomic E-state index is 0.800. The number of benzene rings is 1. The number of methoxy groups -OCH3 is 1. The van der Waals surface area contributed by atoms with Crippen LogP contribution in [-0.2, 0) is 0 Å². The lowest BCUT2D eigenvalue weighted by Gasteiger charge is -2.23. The summed E-state index contributed by atoms with van der Waals surface area (Å²) in [5.74, 6) is 1.80. The smallest absolute Gasteiger partial charge is 0.124 e. The zero-order valence-corrected chi connectivity index (χ0v) is 11.7. The number of ether oxygens (including phenoxy) is 1. The average molecular weight is 248 g/mol. The lowest BCUT2D eigenvalue weighted by molar-refractivity contribution is 0.390. The summed E-state index contributed by atoms with van der Waals surface area (Å²) in [4.78, 5) is 0. The molecule has 2 rings (SSSR count). The molecular weight excluding hydrogens is 224 g/mol. The fourth-order valence-electron chi connectivity index (χ4n) is 2.72. The number of rotatable bonds is 4. The van der Waals surface area contributed by atoms with Gasteiger partial charge < -0.3 is 15.4 Å². The summed E-state index contributed by atoms with van der Waals surface area (Å²) in [6.07, 6.45) is 2.56. The van der Waals surface area contributed by atoms with Crippen LogP contribution in [0.5, 0.6) is 5.75 Å². The quantitative estimate of drug-likeness (QED) is 0.859. The molecule has 0 aliphatic carbocycles. The molecule has 1 fully saturated rings. The van der Waals surface area contributed by atoms with E-state index in [4.69, 9.17) is 4.74 Å². The molecule has 1 aliphatic heterocycles. The summed E-state index contributed by atoms with van der Waals surface area (Å²) in [6, 6.07) is 4.35. The summed E-state index contributed by atoms with van der Waals surface area (Å²) in [5, 5.41) is 6.97. The van der Waals surface area contributed by atoms with Gasteiger partial charge >= 0.3 is 0 Å². The molecular formula is C15H24N2O. The average Bonchev–Trinajstić information content (AvgIpc) is 2.37. The fourth-order valence-corrected chi connectivity index (χ4v) is 2.72. The molecule has 0 atom stereocenters. The van der Waals surface area contributed by atoms with E-state index in [1.165, 1.54) is 29.7 Å². The highest BCUT2D eigenvalue weighted by Gasteiger charge is 2.13. The predicted octanol–water partition coefficient (Wildman–Crippen LogP) is 2.72. The van der Waals surface area contributed by atoms with Gasteiger partial charge in [-0.2, -0.15) is 0 Å². The third-order valence-electron chi connectivity index (χ3n) is 3.72. The van der Waals surface area contributed by atoms with Crippen LogP contribution in [0.4, 0.5) is 5.69 Å². The largest absolute Gasteiger partial charge is 0.496 e. The van der Waals surface area contributed by atoms with E-state index in [1.807, 2.05) is 0 Å². The van der Waals surface area contributed by atoms with Crippen LogP contribution in [0.1, 0.15) is 24.0 Å². The molecule has 0 unspecified atom stereocenters. The Hall–Kier alpha value is -1.22. The summed E-state index contributed by atoms with van der Waals surface area (Å²) in [5.41, 5.74) is 3.61. The Bertz CT molecular complexity index is 374. The zero-order valence-electron chi connectivity index (χ0n) is 11.7. The molecule has 1 saturated heterocycles. The van der Waals surface area contributed by atoms with Crippen LogP contribution in [0.25, 0.3) is 0 Å². The van der Waals surface area contributed by atoms with E-state index in [-0.39, 0.29) is 0 Å². The molecule has 3 heteroatoms. The molecule has 100 valence electrons. The maximum atomic E-state index is 5.39. The van der Waals surface area contributed by atoms with E-state index in [0.717, 1.165) is 31.3 Å². The molecule has 1 aromatic rings. The second-order valence-electron chi connectivity index (χ2n) is 5.22. The van der Waals surface area contributed by atoms with Gasteiger partial charge in [-0.3, -0.25) is 0 Å². The van der Waals surface area contributed by atoms with E-state index < -0.39 is 0 Å². The summed E-state index contributed by atoms with van der Waals surface area (Å²) in [6.45, 7) is 7.59. The third-order valence-corrected chi connectivity index (χ3v) is 3.72. The molecule has 1 aromatic carbocycles. The minimum absolute atomic E-state index is 0.800. The van der Waals surface area contributed by atoms with Crippen molar-refractivity contribution in [1.82, 2.24) is 5.32 Å². The van der Waals surface area contributed by atoms with Crippen LogP contribution in [0.2, 0.25) is 0 Å². The van der Waals surface area contributed by atoms with Crippen molar-refractivity contribution in [3.8, 4) is 5.75 Å². The Morgan fingerprint density at radius 2 is 1.83 bits per heavy atom. The van der Waals surface area contributed by atoms with Crippen LogP contribution in [0, 0.1) is 19.8 Å². The molecule has 0 bridgehead atoms. The van der Waals surface area contributed by atoms with Gasteiger partial charge in [-0.1, -0.05) is 0 Å². The van der Waals surface area contributed by atoms with Crippen LogP contribution in [0.3, 0.4) is 0 Å². The van der Waals surface area contributed by atoms with Crippen molar-refractivity contribution in [2.24, 2.45) is 5.92 Å². The van der Waals surface area contributed by atoms with Gasteiger partial charge in [0, 0.05) is 12.2 Å². The SMILES string of the molecule is COc1c(C)cc(NCC2CCNCC2)cc1C. The Morgan fingerprint density at radius 3 is 2.39 bits per heavy atom. The van der Waals surface area contributed by atoms with Crippen molar-refractivity contribution in [3.63, 3.8) is 0 Å². The van der Waals surface area contributed by atoms with Gasteiger partial charge in [0.05, 0.1) is 7.11 Å². The molecule has 2 N–H and O–H groups in total. The number of hydrogen-bond donors (Lipinski definition) is 2. The molecule has 18 heavy (non-hydrogen) atoms. The Morgan fingerprint density at radius 1 is 1.22 bits per heavy atom. The third kappa shape index (κ3) is 3.16. The maximum absolute atomic E-state index is 5.39. The van der Waals surface area contributed by atoms with Crippen molar-refractivity contribution in [2.75, 3.05) is 32.1 Å². The normalized spacial score (nSPS) is 16.6. The van der Waals surface area contributed by atoms with Crippen LogP contribution >= 0.6 is 0 Å². The number of anilines is 1. The summed E-state index contributed by atoms with van der Waals surface area (Å²) >= 11 is 0.